The first-order chi connectivity index (χ1) is 21.2. The zero-order valence-corrected chi connectivity index (χ0v) is 23.0. The molecule has 3 aliphatic rings. The average Bonchev–Trinajstić information content (AvgIpc) is 3.32. The Balaban J connectivity index is 1.59. The Labute approximate surface area is 252 Å². The number of benzene rings is 1. The normalized spacial score (nSPS) is 29.3. The number of hydrogen-bond acceptors (Lipinski definition) is 13. The highest BCUT2D eigenvalue weighted by atomic mass is 16.7. The van der Waals surface area contributed by atoms with E-state index in [9.17, 15) is 59.7 Å². The first-order valence-corrected chi connectivity index (χ1v) is 13.2. The number of fused-ring (bicyclic) bond motifs is 1. The summed E-state index contributed by atoms with van der Waals surface area (Å²) in [5.74, 6) is -7.44. The van der Waals surface area contributed by atoms with Crippen LogP contribution < -0.4 is 10.1 Å². The molecule has 0 aromatic heterocycles. The van der Waals surface area contributed by atoms with Crippen molar-refractivity contribution in [3.05, 3.63) is 41.1 Å². The summed E-state index contributed by atoms with van der Waals surface area (Å²) in [6, 6.07) is -0.0385. The number of hydrogen-bond donors (Lipinski definition) is 9. The lowest BCUT2D eigenvalue weighted by Gasteiger charge is -2.39. The van der Waals surface area contributed by atoms with Crippen molar-refractivity contribution in [1.82, 2.24) is 5.32 Å². The Morgan fingerprint density at radius 3 is 2.31 bits per heavy atom. The second-order valence-corrected chi connectivity index (χ2v) is 10.3. The number of aliphatic hydroxyl groups excluding tert-OH is 3. The predicted molar refractivity (Wildman–Crippen MR) is 143 cm³/mol. The van der Waals surface area contributed by atoms with Crippen LogP contribution in [0.25, 0.3) is 0 Å². The average molecular weight is 638 g/mol. The van der Waals surface area contributed by atoms with Gasteiger partial charge < -0.3 is 60.4 Å². The fraction of sp³-hybridized carbons (Fsp3) is 0.407. The van der Waals surface area contributed by atoms with Crippen molar-refractivity contribution in [2.24, 2.45) is 0 Å². The van der Waals surface area contributed by atoms with E-state index < -0.39 is 91.4 Å². The molecular weight excluding hydrogens is 608 g/mol. The third-order valence-electron chi connectivity index (χ3n) is 7.17. The van der Waals surface area contributed by atoms with E-state index in [0.29, 0.717) is 5.56 Å². The minimum absolute atomic E-state index is 0.108. The van der Waals surface area contributed by atoms with Crippen molar-refractivity contribution in [2.75, 3.05) is 6.61 Å². The molecule has 0 spiro atoms. The van der Waals surface area contributed by atoms with Crippen LogP contribution in [0.2, 0.25) is 0 Å². The molecule has 1 saturated heterocycles. The maximum absolute atomic E-state index is 12.1. The summed E-state index contributed by atoms with van der Waals surface area (Å²) in [6.07, 6.45) is -6.04. The second-order valence-electron chi connectivity index (χ2n) is 10.3. The van der Waals surface area contributed by atoms with E-state index in [1.54, 1.807) is 0 Å². The number of ether oxygens (including phenoxy) is 3. The van der Waals surface area contributed by atoms with Crippen molar-refractivity contribution < 1.29 is 83.6 Å². The number of nitrogens with zero attached hydrogens (tertiary/aromatic N) is 1. The molecule has 1 fully saturated rings. The van der Waals surface area contributed by atoms with Crippen LogP contribution >= 0.6 is 0 Å². The number of carboxylic acids is 4. The quantitative estimate of drug-likeness (QED) is 0.0738. The van der Waals surface area contributed by atoms with Gasteiger partial charge >= 0.3 is 29.8 Å². The van der Waals surface area contributed by atoms with Gasteiger partial charge in [0.15, 0.2) is 17.7 Å². The molecule has 1 aromatic carbocycles. The van der Waals surface area contributed by atoms with Gasteiger partial charge in [0.05, 0.1) is 12.5 Å². The topological polar surface area (TPSA) is 290 Å². The zero-order valence-electron chi connectivity index (χ0n) is 23.0. The molecule has 3 heterocycles. The number of carbonyl (C=O) groups excluding carboxylic acids is 1. The van der Waals surface area contributed by atoms with Gasteiger partial charge in [0.2, 0.25) is 12.0 Å². The van der Waals surface area contributed by atoms with Crippen LogP contribution in [-0.2, 0) is 39.9 Å². The molecule has 7 unspecified atom stereocenters. The molecule has 0 radical (unpaired) electrons. The summed E-state index contributed by atoms with van der Waals surface area (Å²) >= 11 is 0. The summed E-state index contributed by atoms with van der Waals surface area (Å²) in [4.78, 5) is 57.2. The Bertz CT molecular complexity index is 1500. The number of carboxylic acid groups (broad SMARTS) is 4. The highest BCUT2D eigenvalue weighted by molar-refractivity contribution is 5.90. The zero-order chi connectivity index (χ0) is 33.2. The third kappa shape index (κ3) is 7.37. The van der Waals surface area contributed by atoms with Crippen molar-refractivity contribution in [3.63, 3.8) is 0 Å². The lowest BCUT2D eigenvalue weighted by Crippen LogP contribution is -2.60. The Hall–Kier alpha value is -5.04. The van der Waals surface area contributed by atoms with Crippen LogP contribution in [0.15, 0.2) is 35.6 Å². The van der Waals surface area contributed by atoms with Crippen LogP contribution in [0, 0.1) is 0 Å². The van der Waals surface area contributed by atoms with Gasteiger partial charge in [0.1, 0.15) is 49.2 Å². The maximum atomic E-state index is 12.1. The Kier molecular flexibility index (Phi) is 9.72. The largest absolute Gasteiger partial charge is 0.504 e. The van der Waals surface area contributed by atoms with Crippen molar-refractivity contribution >= 4 is 41.7 Å². The summed E-state index contributed by atoms with van der Waals surface area (Å²) in [5.41, 5.74) is 0.451. The highest BCUT2D eigenvalue weighted by Crippen LogP contribution is 2.40. The van der Waals surface area contributed by atoms with E-state index >= 15 is 0 Å². The molecule has 18 heteroatoms. The molecule has 4 rings (SSSR count). The minimum Gasteiger partial charge on any atom is -0.504 e. The number of aliphatic hydroxyl groups is 3. The molecule has 18 nitrogen and oxygen atoms in total. The smallest absolute Gasteiger partial charge is 0.373 e. The van der Waals surface area contributed by atoms with E-state index in [4.69, 9.17) is 19.3 Å². The number of nitrogens with one attached hydrogen (secondary N) is 1. The molecule has 0 bridgehead atoms. The van der Waals surface area contributed by atoms with Crippen LogP contribution in [0.4, 0.5) is 5.69 Å². The minimum atomic E-state index is -1.87. The lowest BCUT2D eigenvalue weighted by molar-refractivity contribution is -0.456. The summed E-state index contributed by atoms with van der Waals surface area (Å²) in [5, 5.41) is 81.2. The fourth-order valence-corrected chi connectivity index (χ4v) is 4.91. The van der Waals surface area contributed by atoms with Gasteiger partial charge in [-0.1, -0.05) is 0 Å². The molecule has 45 heavy (non-hydrogen) atoms. The van der Waals surface area contributed by atoms with E-state index in [-0.39, 0.29) is 35.5 Å². The van der Waals surface area contributed by atoms with Gasteiger partial charge in [-0.15, -0.1) is 0 Å². The first-order valence-electron chi connectivity index (χ1n) is 13.2. The standard InChI is InChI=1S/C27H28N2O16/c30-16-7-14-11(5-15(26(41)42)29(14)2-1-10-3-12(24(37)38)28-13(4-10)25(39)40)6-17(16)44-27-23(36)22(35)21(34)18(45-27)9-43-20(33)8-19(31)32/h1-3,6-7,13,15,18,21-23,27,34-36H,4-5,8-9H2,(H5,30,31,32,37,38,39,40,41,42)/p+1. The molecule has 0 aliphatic carbocycles. The Morgan fingerprint density at radius 1 is 0.978 bits per heavy atom. The molecule has 0 saturated carbocycles. The fourth-order valence-electron chi connectivity index (χ4n) is 4.91. The van der Waals surface area contributed by atoms with Gasteiger partial charge in [-0.25, -0.2) is 14.4 Å². The summed E-state index contributed by atoms with van der Waals surface area (Å²) < 4.78 is 17.0. The number of aliphatic carboxylic acids is 4. The number of aromatic hydroxyl groups is 1. The lowest BCUT2D eigenvalue weighted by atomic mass is 9.99. The monoisotopic (exact) mass is 637 g/mol. The molecule has 3 aliphatic heterocycles. The van der Waals surface area contributed by atoms with Crippen molar-refractivity contribution in [3.8, 4) is 11.5 Å². The first kappa shape index (κ1) is 32.9. The maximum Gasteiger partial charge on any atom is 0.373 e. The molecule has 242 valence electrons. The summed E-state index contributed by atoms with van der Waals surface area (Å²) in [7, 11) is 0. The van der Waals surface area contributed by atoms with Gasteiger partial charge in [-0.2, -0.15) is 4.58 Å². The van der Waals surface area contributed by atoms with Gasteiger partial charge in [-0.05, 0) is 17.7 Å². The van der Waals surface area contributed by atoms with Crippen molar-refractivity contribution in [1.29, 1.82) is 0 Å². The molecule has 1 aromatic rings. The van der Waals surface area contributed by atoms with Crippen LogP contribution in [0.1, 0.15) is 18.4 Å². The molecule has 9 N–H and O–H groups in total. The van der Waals surface area contributed by atoms with Crippen LogP contribution in [0.3, 0.4) is 0 Å². The summed E-state index contributed by atoms with van der Waals surface area (Å²) in [6.45, 7) is -0.708. The van der Waals surface area contributed by atoms with Gasteiger partial charge in [0, 0.05) is 18.1 Å². The second kappa shape index (κ2) is 13.3. The number of rotatable bonds is 10. The van der Waals surface area contributed by atoms with E-state index in [0.717, 1.165) is 6.07 Å². The van der Waals surface area contributed by atoms with E-state index in [1.807, 2.05) is 0 Å². The van der Waals surface area contributed by atoms with Crippen molar-refractivity contribution in [2.45, 2.75) is 62.1 Å². The number of allylic oxidation sites excluding steroid dienone is 2. The molecule has 7 atom stereocenters. The Morgan fingerprint density at radius 2 is 1.69 bits per heavy atom. The third-order valence-corrected chi connectivity index (χ3v) is 7.17. The van der Waals surface area contributed by atoms with Crippen LogP contribution in [-0.4, -0.2) is 131 Å². The van der Waals surface area contributed by atoms with Gasteiger partial charge in [-0.3, -0.25) is 9.59 Å². The van der Waals surface area contributed by atoms with E-state index in [1.165, 1.54) is 29.0 Å². The number of phenols is 1. The number of esters is 1. The predicted octanol–water partition coefficient (Wildman–Crippen LogP) is -2.34. The van der Waals surface area contributed by atoms with Crippen LogP contribution in [0.5, 0.6) is 11.5 Å². The van der Waals surface area contributed by atoms with Gasteiger partial charge in [0.25, 0.3) is 6.04 Å². The number of phenolic OH excluding ortho intramolecular Hbond substituents is 1. The molecular formula is C27H29N2O16+. The highest BCUT2D eigenvalue weighted by Gasteiger charge is 2.46. The number of carbonyl (C=O) groups is 5. The molecule has 0 amide bonds. The SMILES string of the molecule is O=C(O)CC(=O)OCC1OC(Oc2cc3c(cc2O)[N+](=CC=C2C=C(C(=O)O)NC(C(=O)O)C2)C(C(=O)O)C3)C(O)C(O)C1O. The van der Waals surface area contributed by atoms with E-state index in [2.05, 4.69) is 5.32 Å².